The summed E-state index contributed by atoms with van der Waals surface area (Å²) in [6.45, 7) is 8.87. The third-order valence-electron chi connectivity index (χ3n) is 8.30. The van der Waals surface area contributed by atoms with Gasteiger partial charge in [-0.05, 0) is 29.6 Å². The zero-order chi connectivity index (χ0) is 13.2. The monoisotopic (exact) mass is 258 g/mol. The first-order valence-corrected chi connectivity index (χ1v) is 9.09. The zero-order valence-corrected chi connectivity index (χ0v) is 13.2. The minimum Gasteiger partial charge on any atom is -0.0626 e. The van der Waals surface area contributed by atoms with Crippen molar-refractivity contribution in [1.29, 1.82) is 0 Å². The molecule has 0 aromatic carbocycles. The van der Waals surface area contributed by atoms with Gasteiger partial charge in [0, 0.05) is 0 Å². The van der Waals surface area contributed by atoms with Gasteiger partial charge in [0.05, 0.1) is 0 Å². The van der Waals surface area contributed by atoms with Crippen molar-refractivity contribution in [2.45, 2.75) is 89.6 Å². The van der Waals surface area contributed by atoms with Crippen LogP contribution in [-0.2, 0) is 0 Å². The molecule has 2 saturated heterocycles. The van der Waals surface area contributed by atoms with E-state index in [4.69, 9.17) is 0 Å². The van der Waals surface area contributed by atoms with Crippen LogP contribution in [0, 0.1) is 23.2 Å². The molecule has 2 heterocycles. The fourth-order valence-corrected chi connectivity index (χ4v) is 7.12. The van der Waals surface area contributed by atoms with Crippen molar-refractivity contribution in [3.63, 3.8) is 0 Å². The average molecular weight is 258 g/mol. The van der Waals surface area contributed by atoms with Crippen molar-refractivity contribution in [2.24, 2.45) is 23.2 Å². The first-order valence-electron chi connectivity index (χ1n) is 9.09. The van der Waals surface area contributed by atoms with E-state index in [9.17, 15) is 0 Å². The molecule has 106 valence electrons. The lowest BCUT2D eigenvalue weighted by atomic mass is 9.18. The summed E-state index contributed by atoms with van der Waals surface area (Å²) in [6.07, 6.45) is 12.5. The topological polar surface area (TPSA) is 0 Å². The van der Waals surface area contributed by atoms with E-state index in [0.717, 1.165) is 41.9 Å². The Morgan fingerprint density at radius 2 is 1.47 bits per heavy atom. The van der Waals surface area contributed by atoms with Crippen molar-refractivity contribution >= 4 is 6.71 Å². The molecule has 0 aromatic heterocycles. The molecule has 2 unspecified atom stereocenters. The molecule has 4 atom stereocenters. The molecule has 0 spiro atoms. The molecule has 2 aliphatic heterocycles. The molecule has 5 rings (SSSR count). The fourth-order valence-electron chi connectivity index (χ4n) is 7.12. The van der Waals surface area contributed by atoms with Crippen molar-refractivity contribution in [2.75, 3.05) is 0 Å². The van der Waals surface area contributed by atoms with Crippen molar-refractivity contribution < 1.29 is 0 Å². The quantitative estimate of drug-likeness (QED) is 0.532. The molecule has 0 radical (unpaired) electrons. The van der Waals surface area contributed by atoms with Gasteiger partial charge in [-0.3, -0.25) is 0 Å². The largest absolute Gasteiger partial charge is 0.149 e. The van der Waals surface area contributed by atoms with Crippen LogP contribution >= 0.6 is 0 Å². The highest BCUT2D eigenvalue weighted by molar-refractivity contribution is 6.64. The van der Waals surface area contributed by atoms with Gasteiger partial charge in [0.25, 0.3) is 0 Å². The summed E-state index contributed by atoms with van der Waals surface area (Å²) in [4.78, 5) is 0. The SMILES string of the molecule is C[C@H]1C2CC(C[C@@H]1B1C3CCCC1CCC3)C2(C)C. The number of rotatable bonds is 1. The van der Waals surface area contributed by atoms with Crippen LogP contribution in [-0.4, -0.2) is 6.71 Å². The lowest BCUT2D eigenvalue weighted by molar-refractivity contribution is -0.0998. The first kappa shape index (κ1) is 12.8. The Hall–Kier alpha value is 0.0649. The lowest BCUT2D eigenvalue weighted by Gasteiger charge is -2.64. The molecule has 5 fully saturated rings. The van der Waals surface area contributed by atoms with Gasteiger partial charge in [0.2, 0.25) is 0 Å². The summed E-state index contributed by atoms with van der Waals surface area (Å²) in [5, 5.41) is 0. The van der Waals surface area contributed by atoms with Gasteiger partial charge >= 0.3 is 0 Å². The molecule has 0 N–H and O–H groups in total. The third kappa shape index (κ3) is 1.72. The normalized spacial score (nSPS) is 51.6. The summed E-state index contributed by atoms with van der Waals surface area (Å²) in [6, 6.07) is 0. The maximum atomic E-state index is 2.62. The van der Waals surface area contributed by atoms with Gasteiger partial charge in [-0.15, -0.1) is 0 Å². The highest BCUT2D eigenvalue weighted by Gasteiger charge is 2.59. The van der Waals surface area contributed by atoms with Gasteiger partial charge in [0.1, 0.15) is 6.71 Å². The van der Waals surface area contributed by atoms with E-state index < -0.39 is 0 Å². The molecular formula is C18H31B. The van der Waals surface area contributed by atoms with Gasteiger partial charge < -0.3 is 0 Å². The maximum absolute atomic E-state index is 2.62. The second kappa shape index (κ2) is 4.28. The van der Waals surface area contributed by atoms with Crippen LogP contribution in [0.15, 0.2) is 0 Å². The summed E-state index contributed by atoms with van der Waals surface area (Å²) in [5.74, 6) is 6.50. The third-order valence-corrected chi connectivity index (χ3v) is 8.30. The number of hydrogen-bond acceptors (Lipinski definition) is 0. The van der Waals surface area contributed by atoms with Crippen LogP contribution in [0.5, 0.6) is 0 Å². The lowest BCUT2D eigenvalue weighted by Crippen LogP contribution is -2.57. The van der Waals surface area contributed by atoms with E-state index in [1.807, 2.05) is 0 Å². The Kier molecular flexibility index (Phi) is 2.88. The molecule has 3 aliphatic carbocycles. The summed E-state index contributed by atoms with van der Waals surface area (Å²) in [7, 11) is 0. The van der Waals surface area contributed by atoms with E-state index >= 15 is 0 Å². The molecular weight excluding hydrogens is 227 g/mol. The molecule has 1 heteroatoms. The highest BCUT2D eigenvalue weighted by Crippen LogP contribution is 2.67. The van der Waals surface area contributed by atoms with Crippen LogP contribution in [0.3, 0.4) is 0 Å². The Morgan fingerprint density at radius 3 is 1.95 bits per heavy atom. The second-order valence-corrected chi connectivity index (χ2v) is 9.08. The zero-order valence-electron chi connectivity index (χ0n) is 13.2. The van der Waals surface area contributed by atoms with Crippen molar-refractivity contribution in [3.05, 3.63) is 0 Å². The standard InChI is InChI=1S/C18H31B/c1-12-16-10-13(18(16,2)3)11-17(12)19-14-6-4-7-15(19)9-5-8-14/h12-17H,4-11H2,1-3H3/t12-,13?,14?,15?,16?,17-/m0/s1. The van der Waals surface area contributed by atoms with Crippen LogP contribution in [0.25, 0.3) is 0 Å². The Balaban J connectivity index is 1.57. The molecule has 19 heavy (non-hydrogen) atoms. The van der Waals surface area contributed by atoms with Crippen molar-refractivity contribution in [1.82, 2.24) is 0 Å². The van der Waals surface area contributed by atoms with Crippen LogP contribution in [0.4, 0.5) is 0 Å². The second-order valence-electron chi connectivity index (χ2n) is 9.08. The molecule has 4 bridgehead atoms. The molecule has 5 aliphatic rings. The van der Waals surface area contributed by atoms with Gasteiger partial charge in [-0.1, -0.05) is 83.2 Å². The van der Waals surface area contributed by atoms with Crippen LogP contribution in [0.1, 0.15) is 72.1 Å². The van der Waals surface area contributed by atoms with E-state index in [1.165, 1.54) is 0 Å². The summed E-state index contributed by atoms with van der Waals surface area (Å²) in [5.41, 5.74) is 0.680. The minimum atomic E-state index is 0.680. The average Bonchev–Trinajstić information content (AvgIpc) is 2.37. The Labute approximate surface area is 120 Å². The predicted molar refractivity (Wildman–Crippen MR) is 83.9 cm³/mol. The maximum Gasteiger partial charge on any atom is 0.149 e. The molecule has 0 aromatic rings. The first-order chi connectivity index (χ1) is 9.09. The Bertz CT molecular complexity index is 339. The smallest absolute Gasteiger partial charge is 0.0626 e. The predicted octanol–water partition coefficient (Wildman–Crippen LogP) is 5.66. The fraction of sp³-hybridized carbons (Fsp3) is 1.00. The number of fused-ring (bicyclic) bond motifs is 5. The molecule has 0 nitrogen and oxygen atoms in total. The Morgan fingerprint density at radius 1 is 0.895 bits per heavy atom. The van der Waals surface area contributed by atoms with Crippen LogP contribution < -0.4 is 0 Å². The van der Waals surface area contributed by atoms with Crippen molar-refractivity contribution in [3.8, 4) is 0 Å². The van der Waals surface area contributed by atoms with Gasteiger partial charge in [-0.2, -0.15) is 0 Å². The highest BCUT2D eigenvalue weighted by atomic mass is 14.6. The summed E-state index contributed by atoms with van der Waals surface area (Å²) < 4.78 is 0. The summed E-state index contributed by atoms with van der Waals surface area (Å²) >= 11 is 0. The van der Waals surface area contributed by atoms with Gasteiger partial charge in [0.15, 0.2) is 0 Å². The van der Waals surface area contributed by atoms with E-state index in [2.05, 4.69) is 20.8 Å². The van der Waals surface area contributed by atoms with Crippen LogP contribution in [0.2, 0.25) is 17.5 Å². The molecule has 0 amide bonds. The number of hydrogen-bond donors (Lipinski definition) is 0. The minimum absolute atomic E-state index is 0.680. The van der Waals surface area contributed by atoms with E-state index in [0.29, 0.717) is 5.41 Å². The van der Waals surface area contributed by atoms with Gasteiger partial charge in [-0.25, -0.2) is 0 Å². The molecule has 3 saturated carbocycles. The van der Waals surface area contributed by atoms with E-state index in [1.54, 1.807) is 51.4 Å². The van der Waals surface area contributed by atoms with E-state index in [-0.39, 0.29) is 0 Å².